The number of nitrogens with one attached hydrogen (secondary N) is 2. The van der Waals surface area contributed by atoms with Gasteiger partial charge in [-0.3, -0.25) is 0 Å². The topological polar surface area (TPSA) is 94.0 Å². The van der Waals surface area contributed by atoms with Gasteiger partial charge >= 0.3 is 0 Å². The Kier molecular flexibility index (Phi) is 13.0. The van der Waals surface area contributed by atoms with E-state index in [0.29, 0.717) is 36.4 Å². The lowest BCUT2D eigenvalue weighted by Gasteiger charge is -2.20. The average molecular weight is 567 g/mol. The normalized spacial score (nSPS) is 16.2. The van der Waals surface area contributed by atoms with Gasteiger partial charge in [0.1, 0.15) is 0 Å². The second-order valence-electron chi connectivity index (χ2n) is 8.34. The molecule has 0 saturated carbocycles. The summed E-state index contributed by atoms with van der Waals surface area (Å²) in [7, 11) is -3.38. The van der Waals surface area contributed by atoms with Gasteiger partial charge in [-0.25, -0.2) is 13.4 Å². The van der Waals surface area contributed by atoms with Crippen LogP contribution in [0.5, 0.6) is 0 Å². The van der Waals surface area contributed by atoms with Crippen molar-refractivity contribution in [3.63, 3.8) is 0 Å². The summed E-state index contributed by atoms with van der Waals surface area (Å²) in [6.07, 6.45) is 3.70. The third kappa shape index (κ3) is 9.23. The van der Waals surface area contributed by atoms with Crippen molar-refractivity contribution in [2.45, 2.75) is 57.9 Å². The molecule has 1 heterocycles. The molecule has 3 N–H and O–H groups in total. The third-order valence-corrected chi connectivity index (χ3v) is 7.20. The number of sulfonamides is 1. The quantitative estimate of drug-likeness (QED) is 0.217. The highest BCUT2D eigenvalue weighted by atomic mass is 127. The number of hydrogen-bond donors (Lipinski definition) is 3. The Bertz CT molecular complexity index is 763. The van der Waals surface area contributed by atoms with E-state index in [1.807, 2.05) is 19.1 Å². The number of aliphatic hydroxyl groups excluding tert-OH is 1. The second-order valence-corrected chi connectivity index (χ2v) is 10.3. The molecule has 1 aromatic rings. The zero-order valence-electron chi connectivity index (χ0n) is 19.0. The highest BCUT2D eigenvalue weighted by Crippen LogP contribution is 2.21. The van der Waals surface area contributed by atoms with E-state index in [9.17, 15) is 13.5 Å². The molecule has 1 fully saturated rings. The molecule has 1 saturated heterocycles. The highest BCUT2D eigenvalue weighted by molar-refractivity contribution is 14.0. The van der Waals surface area contributed by atoms with Gasteiger partial charge in [-0.1, -0.05) is 26.0 Å². The lowest BCUT2D eigenvalue weighted by atomic mass is 9.94. The zero-order chi connectivity index (χ0) is 22.0. The van der Waals surface area contributed by atoms with Crippen molar-refractivity contribution in [3.05, 3.63) is 29.8 Å². The van der Waals surface area contributed by atoms with Gasteiger partial charge in [0.2, 0.25) is 10.0 Å². The molecule has 1 aliphatic heterocycles. The van der Waals surface area contributed by atoms with Gasteiger partial charge in [-0.15, -0.1) is 24.0 Å². The van der Waals surface area contributed by atoms with Crippen molar-refractivity contribution in [1.82, 2.24) is 14.9 Å². The number of nitrogens with zero attached hydrogens (tertiary/aromatic N) is 2. The number of guanidine groups is 1. The van der Waals surface area contributed by atoms with E-state index >= 15 is 0 Å². The molecule has 2 rings (SSSR count). The molecule has 0 radical (unpaired) electrons. The first-order valence-electron chi connectivity index (χ1n) is 11.1. The fourth-order valence-electron chi connectivity index (χ4n) is 3.75. The predicted molar refractivity (Wildman–Crippen MR) is 137 cm³/mol. The van der Waals surface area contributed by atoms with E-state index in [0.717, 1.165) is 50.3 Å². The predicted octanol–water partition coefficient (Wildman–Crippen LogP) is 3.19. The van der Waals surface area contributed by atoms with Crippen LogP contribution in [0.3, 0.4) is 0 Å². The molecule has 0 bridgehead atoms. The fraction of sp³-hybridized carbons (Fsp3) is 0.682. The molecule has 1 unspecified atom stereocenters. The molecular formula is C22H39IN4O3S. The summed E-state index contributed by atoms with van der Waals surface area (Å²) >= 11 is 0. The Morgan fingerprint density at radius 1 is 1.16 bits per heavy atom. The Morgan fingerprint density at radius 3 is 2.35 bits per heavy atom. The van der Waals surface area contributed by atoms with Gasteiger partial charge in [-0.05, 0) is 62.1 Å². The van der Waals surface area contributed by atoms with Crippen molar-refractivity contribution in [3.8, 4) is 0 Å². The second kappa shape index (κ2) is 14.3. The van der Waals surface area contributed by atoms with Crippen LogP contribution in [0.25, 0.3) is 0 Å². The number of aliphatic imine (C=N–C) groups is 1. The standard InChI is InChI=1S/C22H38N4O3S.HI/c1-4-23-22(25-17-20(11-14-27)15-18(2)3)24-16-19-7-9-21(10-8-19)30(28,29)26-12-5-6-13-26;/h7-10,18,20,27H,4-6,11-17H2,1-3H3,(H2,23,24,25);1H. The number of halogens is 1. The van der Waals surface area contributed by atoms with Gasteiger partial charge in [0.15, 0.2) is 5.96 Å². The smallest absolute Gasteiger partial charge is 0.243 e. The van der Waals surface area contributed by atoms with Crippen molar-refractivity contribution in [2.24, 2.45) is 16.8 Å². The van der Waals surface area contributed by atoms with Crippen LogP contribution in [0.4, 0.5) is 0 Å². The number of aliphatic hydroxyl groups is 1. The van der Waals surface area contributed by atoms with E-state index in [1.165, 1.54) is 0 Å². The molecular weight excluding hydrogens is 527 g/mol. The van der Waals surface area contributed by atoms with E-state index in [1.54, 1.807) is 16.4 Å². The summed E-state index contributed by atoms with van der Waals surface area (Å²) in [4.78, 5) is 4.99. The summed E-state index contributed by atoms with van der Waals surface area (Å²) in [6, 6.07) is 7.03. The first kappa shape index (κ1) is 28.1. The molecule has 0 aliphatic carbocycles. The van der Waals surface area contributed by atoms with Crippen LogP contribution in [0.1, 0.15) is 52.0 Å². The van der Waals surface area contributed by atoms with Crippen LogP contribution in [-0.4, -0.2) is 56.6 Å². The molecule has 1 atom stereocenters. The Hall–Kier alpha value is -0.910. The molecule has 31 heavy (non-hydrogen) atoms. The SMILES string of the molecule is CCNC(=NCc1ccc(S(=O)(=O)N2CCCC2)cc1)NCC(CCO)CC(C)C.I. The van der Waals surface area contributed by atoms with Crippen LogP contribution < -0.4 is 10.6 Å². The zero-order valence-corrected chi connectivity index (χ0v) is 22.2. The van der Waals surface area contributed by atoms with Crippen molar-refractivity contribution in [2.75, 3.05) is 32.8 Å². The van der Waals surface area contributed by atoms with Crippen LogP contribution in [0.2, 0.25) is 0 Å². The minimum absolute atomic E-state index is 0. The van der Waals surface area contributed by atoms with Crippen molar-refractivity contribution >= 4 is 40.0 Å². The molecule has 7 nitrogen and oxygen atoms in total. The molecule has 9 heteroatoms. The van der Waals surface area contributed by atoms with E-state index < -0.39 is 10.0 Å². The minimum Gasteiger partial charge on any atom is -0.396 e. The maximum atomic E-state index is 12.6. The van der Waals surface area contributed by atoms with Crippen molar-refractivity contribution < 1.29 is 13.5 Å². The van der Waals surface area contributed by atoms with E-state index in [2.05, 4.69) is 29.5 Å². The summed E-state index contributed by atoms with van der Waals surface area (Å²) in [6.45, 7) is 9.81. The maximum Gasteiger partial charge on any atom is 0.243 e. The van der Waals surface area contributed by atoms with Gasteiger partial charge in [0.05, 0.1) is 11.4 Å². The first-order chi connectivity index (χ1) is 14.4. The van der Waals surface area contributed by atoms with Gasteiger partial charge in [-0.2, -0.15) is 4.31 Å². The van der Waals surface area contributed by atoms with Crippen LogP contribution in [0, 0.1) is 11.8 Å². The Labute approximate surface area is 205 Å². The highest BCUT2D eigenvalue weighted by Gasteiger charge is 2.26. The van der Waals surface area contributed by atoms with Crippen molar-refractivity contribution in [1.29, 1.82) is 0 Å². The fourth-order valence-corrected chi connectivity index (χ4v) is 5.27. The summed E-state index contributed by atoms with van der Waals surface area (Å²) in [5.41, 5.74) is 0.960. The summed E-state index contributed by atoms with van der Waals surface area (Å²) in [5.74, 6) is 1.71. The monoisotopic (exact) mass is 566 g/mol. The molecule has 0 spiro atoms. The lowest BCUT2D eigenvalue weighted by molar-refractivity contribution is 0.243. The van der Waals surface area contributed by atoms with E-state index in [4.69, 9.17) is 0 Å². The summed E-state index contributed by atoms with van der Waals surface area (Å²) in [5, 5.41) is 15.9. The average Bonchev–Trinajstić information content (AvgIpc) is 3.26. The third-order valence-electron chi connectivity index (χ3n) is 5.29. The summed E-state index contributed by atoms with van der Waals surface area (Å²) < 4.78 is 26.8. The number of benzene rings is 1. The maximum absolute atomic E-state index is 12.6. The minimum atomic E-state index is -3.38. The van der Waals surface area contributed by atoms with Crippen LogP contribution in [0.15, 0.2) is 34.2 Å². The molecule has 0 aromatic heterocycles. The molecule has 1 aromatic carbocycles. The molecule has 1 aliphatic rings. The van der Waals surface area contributed by atoms with Crippen LogP contribution >= 0.6 is 24.0 Å². The number of rotatable bonds is 11. The van der Waals surface area contributed by atoms with Gasteiger partial charge in [0.25, 0.3) is 0 Å². The number of hydrogen-bond acceptors (Lipinski definition) is 4. The molecule has 0 amide bonds. The molecule has 178 valence electrons. The van der Waals surface area contributed by atoms with Gasteiger partial charge < -0.3 is 15.7 Å². The van der Waals surface area contributed by atoms with Crippen LogP contribution in [-0.2, 0) is 16.6 Å². The first-order valence-corrected chi connectivity index (χ1v) is 12.5. The Balaban J connectivity index is 0.00000480. The lowest BCUT2D eigenvalue weighted by Crippen LogP contribution is -2.40. The van der Waals surface area contributed by atoms with E-state index in [-0.39, 0.29) is 30.6 Å². The van der Waals surface area contributed by atoms with Gasteiger partial charge in [0, 0.05) is 32.8 Å². The Morgan fingerprint density at radius 2 is 1.81 bits per heavy atom. The largest absolute Gasteiger partial charge is 0.396 e.